The highest BCUT2D eigenvalue weighted by Crippen LogP contribution is 2.43. The number of hydrogen-bond acceptors (Lipinski definition) is 10. The lowest BCUT2D eigenvalue weighted by Gasteiger charge is -2.48. The number of carbonyl (C=O) groups is 4. The Labute approximate surface area is 249 Å². The van der Waals surface area contributed by atoms with Crippen LogP contribution < -0.4 is 0 Å². The summed E-state index contributed by atoms with van der Waals surface area (Å²) in [7, 11) is 0. The molecule has 0 bridgehead atoms. The highest BCUT2D eigenvalue weighted by Gasteiger charge is 2.60. The zero-order valence-corrected chi connectivity index (χ0v) is 24.4. The summed E-state index contributed by atoms with van der Waals surface area (Å²) < 4.78 is 35.2. The number of benzene rings is 3. The van der Waals surface area contributed by atoms with Gasteiger partial charge in [-0.3, -0.25) is 19.2 Å². The van der Waals surface area contributed by atoms with Crippen LogP contribution in [0.25, 0.3) is 0 Å². The first-order valence-corrected chi connectivity index (χ1v) is 13.7. The summed E-state index contributed by atoms with van der Waals surface area (Å²) in [6, 6.07) is 28.3. The molecule has 1 aliphatic heterocycles. The molecule has 0 aliphatic carbocycles. The van der Waals surface area contributed by atoms with Gasteiger partial charge in [0.2, 0.25) is 6.10 Å². The lowest BCUT2D eigenvalue weighted by Crippen LogP contribution is -2.67. The van der Waals surface area contributed by atoms with E-state index in [2.05, 4.69) is 0 Å². The van der Waals surface area contributed by atoms with E-state index < -0.39 is 60.2 Å². The quantitative estimate of drug-likeness (QED) is 0.194. The van der Waals surface area contributed by atoms with Crippen LogP contribution in [0.4, 0.5) is 0 Å². The predicted molar refractivity (Wildman–Crippen MR) is 152 cm³/mol. The van der Waals surface area contributed by atoms with E-state index in [4.69, 9.17) is 28.4 Å². The molecule has 10 nitrogen and oxygen atoms in total. The van der Waals surface area contributed by atoms with Gasteiger partial charge in [0, 0.05) is 27.7 Å². The van der Waals surface area contributed by atoms with Crippen molar-refractivity contribution in [3.05, 3.63) is 108 Å². The highest BCUT2D eigenvalue weighted by atomic mass is 16.8. The third kappa shape index (κ3) is 7.10. The van der Waals surface area contributed by atoms with Gasteiger partial charge < -0.3 is 28.4 Å². The SMILES string of the molecule is CC(=O)O[C@H]1[C@@H](OC(C)=O)[C@](COC(c2ccccc2)(c2ccccc2)c2ccccc2)(OC(C)=O)OC[C@H]1OC(C)=O. The van der Waals surface area contributed by atoms with Gasteiger partial charge in [0.25, 0.3) is 5.79 Å². The Morgan fingerprint density at radius 2 is 1.12 bits per heavy atom. The molecule has 1 saturated heterocycles. The molecule has 0 N–H and O–H groups in total. The van der Waals surface area contributed by atoms with Gasteiger partial charge in [0.1, 0.15) is 12.2 Å². The summed E-state index contributed by atoms with van der Waals surface area (Å²) in [4.78, 5) is 49.1. The van der Waals surface area contributed by atoms with Crippen molar-refractivity contribution in [1.29, 1.82) is 0 Å². The van der Waals surface area contributed by atoms with E-state index in [1.54, 1.807) is 0 Å². The smallest absolute Gasteiger partial charge is 0.305 e. The molecule has 0 saturated carbocycles. The molecule has 0 spiro atoms. The fourth-order valence-corrected chi connectivity index (χ4v) is 5.29. The average molecular weight is 591 g/mol. The molecule has 43 heavy (non-hydrogen) atoms. The molecule has 226 valence electrons. The maximum Gasteiger partial charge on any atom is 0.305 e. The van der Waals surface area contributed by atoms with Gasteiger partial charge in [-0.25, -0.2) is 0 Å². The number of carbonyl (C=O) groups excluding carboxylic acids is 4. The van der Waals surface area contributed by atoms with E-state index in [9.17, 15) is 19.2 Å². The molecule has 1 fully saturated rings. The Bertz CT molecular complexity index is 1310. The fraction of sp³-hybridized carbons (Fsp3) is 0.333. The van der Waals surface area contributed by atoms with E-state index in [-0.39, 0.29) is 6.61 Å². The Morgan fingerprint density at radius 3 is 1.51 bits per heavy atom. The molecule has 4 rings (SSSR count). The van der Waals surface area contributed by atoms with Gasteiger partial charge in [0.15, 0.2) is 12.2 Å². The molecule has 0 unspecified atom stereocenters. The van der Waals surface area contributed by atoms with Crippen LogP contribution in [0.3, 0.4) is 0 Å². The van der Waals surface area contributed by atoms with Gasteiger partial charge in [0.05, 0.1) is 6.61 Å². The molecule has 0 amide bonds. The molecular weight excluding hydrogens is 556 g/mol. The molecule has 3 aromatic carbocycles. The van der Waals surface area contributed by atoms with Crippen molar-refractivity contribution in [3.63, 3.8) is 0 Å². The van der Waals surface area contributed by atoms with Crippen LogP contribution >= 0.6 is 0 Å². The van der Waals surface area contributed by atoms with E-state index in [0.717, 1.165) is 37.5 Å². The molecular formula is C33H34O10. The van der Waals surface area contributed by atoms with Crippen molar-refractivity contribution >= 4 is 23.9 Å². The minimum Gasteiger partial charge on any atom is -0.456 e. The first-order chi connectivity index (χ1) is 20.6. The monoisotopic (exact) mass is 590 g/mol. The molecule has 1 heterocycles. The van der Waals surface area contributed by atoms with Crippen LogP contribution in [-0.2, 0) is 53.2 Å². The maximum absolute atomic E-state index is 12.6. The summed E-state index contributed by atoms with van der Waals surface area (Å²) >= 11 is 0. The van der Waals surface area contributed by atoms with E-state index in [1.165, 1.54) is 6.92 Å². The first kappa shape index (κ1) is 31.4. The van der Waals surface area contributed by atoms with Gasteiger partial charge >= 0.3 is 23.9 Å². The van der Waals surface area contributed by atoms with E-state index >= 15 is 0 Å². The highest BCUT2D eigenvalue weighted by molar-refractivity contribution is 5.69. The van der Waals surface area contributed by atoms with Gasteiger partial charge in [-0.05, 0) is 16.7 Å². The van der Waals surface area contributed by atoms with Gasteiger partial charge in [-0.1, -0.05) is 91.0 Å². The number of ether oxygens (including phenoxy) is 6. The zero-order chi connectivity index (χ0) is 31.0. The molecule has 4 atom stereocenters. The van der Waals surface area contributed by atoms with Crippen molar-refractivity contribution in [2.75, 3.05) is 13.2 Å². The number of hydrogen-bond donors (Lipinski definition) is 0. The summed E-state index contributed by atoms with van der Waals surface area (Å²) in [6.07, 6.45) is -4.13. The van der Waals surface area contributed by atoms with Crippen LogP contribution in [-0.4, -0.2) is 61.2 Å². The second-order valence-electron chi connectivity index (χ2n) is 10.0. The second kappa shape index (κ2) is 13.6. The van der Waals surface area contributed by atoms with Crippen molar-refractivity contribution in [2.24, 2.45) is 0 Å². The van der Waals surface area contributed by atoms with Crippen molar-refractivity contribution in [3.8, 4) is 0 Å². The van der Waals surface area contributed by atoms with Crippen molar-refractivity contribution < 1.29 is 47.6 Å². The largest absolute Gasteiger partial charge is 0.456 e. The molecule has 0 radical (unpaired) electrons. The van der Waals surface area contributed by atoms with Crippen molar-refractivity contribution in [1.82, 2.24) is 0 Å². The van der Waals surface area contributed by atoms with Crippen LogP contribution in [0.15, 0.2) is 91.0 Å². The van der Waals surface area contributed by atoms with Crippen LogP contribution in [0.1, 0.15) is 44.4 Å². The predicted octanol–water partition coefficient (Wildman–Crippen LogP) is 4.08. The molecule has 10 heteroatoms. The van der Waals surface area contributed by atoms with Gasteiger partial charge in [-0.15, -0.1) is 0 Å². The summed E-state index contributed by atoms with van der Waals surface area (Å²) in [5, 5.41) is 0. The van der Waals surface area contributed by atoms with E-state index in [0.29, 0.717) is 0 Å². The third-order valence-corrected chi connectivity index (χ3v) is 6.85. The number of esters is 4. The van der Waals surface area contributed by atoms with E-state index in [1.807, 2.05) is 91.0 Å². The van der Waals surface area contributed by atoms with Crippen LogP contribution in [0.5, 0.6) is 0 Å². The Hall–Kier alpha value is -4.54. The maximum atomic E-state index is 12.6. The lowest BCUT2D eigenvalue weighted by molar-refractivity contribution is -0.345. The molecule has 1 aliphatic rings. The molecule has 0 aromatic heterocycles. The Morgan fingerprint density at radius 1 is 0.674 bits per heavy atom. The Balaban J connectivity index is 1.90. The zero-order valence-electron chi connectivity index (χ0n) is 24.4. The Kier molecular flexibility index (Phi) is 9.95. The van der Waals surface area contributed by atoms with Crippen molar-refractivity contribution in [2.45, 2.75) is 57.4 Å². The number of rotatable bonds is 10. The average Bonchev–Trinajstić information content (AvgIpc) is 2.97. The van der Waals surface area contributed by atoms with Crippen LogP contribution in [0.2, 0.25) is 0 Å². The summed E-state index contributed by atoms with van der Waals surface area (Å²) in [6.45, 7) is 3.78. The molecule has 3 aromatic rings. The fourth-order valence-electron chi connectivity index (χ4n) is 5.29. The normalized spacial score (nSPS) is 21.7. The lowest BCUT2D eigenvalue weighted by atomic mass is 9.80. The summed E-state index contributed by atoms with van der Waals surface area (Å²) in [5.74, 6) is -5.10. The van der Waals surface area contributed by atoms with Crippen LogP contribution in [0, 0.1) is 0 Å². The topological polar surface area (TPSA) is 124 Å². The standard InChI is InChI=1S/C33H34O10/c1-22(34)40-29-20-38-32(43-25(4)37,31(42-24(3)36)30(29)41-23(2)35)21-39-33(26-14-8-5-9-15-26,27-16-10-6-11-17-27)28-18-12-7-13-19-28/h5-19,29-31H,20-21H2,1-4H3/t29-,30-,31-,32+/m1/s1. The minimum atomic E-state index is -2.11. The van der Waals surface area contributed by atoms with Gasteiger partial charge in [-0.2, -0.15) is 0 Å². The minimum absolute atomic E-state index is 0.360. The second-order valence-corrected chi connectivity index (χ2v) is 10.0. The third-order valence-electron chi connectivity index (χ3n) is 6.85. The first-order valence-electron chi connectivity index (χ1n) is 13.7. The summed E-state index contributed by atoms with van der Waals surface area (Å²) in [5.41, 5.74) is 0.976.